The number of nitrogens with zero attached hydrogens (tertiary/aromatic N) is 4. The van der Waals surface area contributed by atoms with Gasteiger partial charge in [-0.2, -0.15) is 0 Å². The summed E-state index contributed by atoms with van der Waals surface area (Å²) >= 11 is 0. The summed E-state index contributed by atoms with van der Waals surface area (Å²) in [5.74, 6) is -0.465. The predicted octanol–water partition coefficient (Wildman–Crippen LogP) is 1.10. The quantitative estimate of drug-likeness (QED) is 0.736. The Kier molecular flexibility index (Phi) is 5.31. The lowest BCUT2D eigenvalue weighted by atomic mass is 10.1. The van der Waals surface area contributed by atoms with Crippen molar-refractivity contribution >= 4 is 17.8 Å². The molecule has 7 nitrogen and oxygen atoms in total. The van der Waals surface area contributed by atoms with Crippen LogP contribution in [-0.4, -0.2) is 64.2 Å². The molecule has 1 aromatic heterocycles. The number of likely N-dealkylation sites (N-methyl/N-ethyl adjacent to an activating group) is 2. The van der Waals surface area contributed by atoms with E-state index in [9.17, 15) is 14.4 Å². The highest BCUT2D eigenvalue weighted by atomic mass is 16.2. The van der Waals surface area contributed by atoms with Crippen LogP contribution in [0.25, 0.3) is 0 Å². The van der Waals surface area contributed by atoms with Crippen LogP contribution < -0.4 is 0 Å². The van der Waals surface area contributed by atoms with Crippen molar-refractivity contribution in [2.45, 2.75) is 32.4 Å². The average Bonchev–Trinajstić information content (AvgIpc) is 2.73. The average molecular weight is 318 g/mol. The van der Waals surface area contributed by atoms with E-state index in [4.69, 9.17) is 0 Å². The number of imide groups is 1. The molecule has 0 radical (unpaired) electrons. The van der Waals surface area contributed by atoms with Gasteiger partial charge in [0.05, 0.1) is 6.42 Å². The van der Waals surface area contributed by atoms with Gasteiger partial charge >= 0.3 is 6.03 Å². The molecule has 0 aliphatic carbocycles. The van der Waals surface area contributed by atoms with Gasteiger partial charge in [-0.3, -0.25) is 19.5 Å². The molecule has 0 N–H and O–H groups in total. The van der Waals surface area contributed by atoms with E-state index in [0.717, 1.165) is 16.9 Å². The molecule has 1 aliphatic heterocycles. The number of urea groups is 1. The summed E-state index contributed by atoms with van der Waals surface area (Å²) in [6.07, 6.45) is 4.23. The Hall–Kier alpha value is -2.44. The Morgan fingerprint density at radius 3 is 2.61 bits per heavy atom. The van der Waals surface area contributed by atoms with Crippen LogP contribution in [-0.2, 0) is 16.1 Å². The molecule has 0 bridgehead atoms. The molecule has 7 heteroatoms. The third-order valence-corrected chi connectivity index (χ3v) is 3.98. The Labute approximate surface area is 135 Å². The number of hydrogen-bond donors (Lipinski definition) is 0. The van der Waals surface area contributed by atoms with E-state index < -0.39 is 6.04 Å². The van der Waals surface area contributed by atoms with Crippen LogP contribution in [0.3, 0.4) is 0 Å². The first-order valence-electron chi connectivity index (χ1n) is 7.66. The van der Waals surface area contributed by atoms with Crippen molar-refractivity contribution in [3.05, 3.63) is 30.1 Å². The van der Waals surface area contributed by atoms with Gasteiger partial charge in [0.1, 0.15) is 6.04 Å². The first-order valence-corrected chi connectivity index (χ1v) is 7.66. The maximum absolute atomic E-state index is 12.6. The van der Waals surface area contributed by atoms with Gasteiger partial charge in [-0.05, 0) is 18.1 Å². The SMILES string of the molecule is CCCN(Cc1cccnc1)C(=O)CC1C(=O)N(C)C(=O)N1C. The minimum absolute atomic E-state index is 0.00563. The maximum Gasteiger partial charge on any atom is 0.326 e. The standard InChI is InChI=1S/C16H22N4O3/c1-4-8-20(11-12-6-5-7-17-10-12)14(21)9-13-15(22)19(3)16(23)18(13)2/h5-7,10,13H,4,8-9,11H2,1-3H3. The van der Waals surface area contributed by atoms with Crippen molar-refractivity contribution in [3.63, 3.8) is 0 Å². The lowest BCUT2D eigenvalue weighted by Crippen LogP contribution is -2.39. The lowest BCUT2D eigenvalue weighted by Gasteiger charge is -2.24. The zero-order valence-corrected chi connectivity index (χ0v) is 13.7. The van der Waals surface area contributed by atoms with Crippen LogP contribution in [0.5, 0.6) is 0 Å². The highest BCUT2D eigenvalue weighted by molar-refractivity contribution is 6.05. The second-order valence-electron chi connectivity index (χ2n) is 5.69. The van der Waals surface area contributed by atoms with Gasteiger partial charge in [-0.25, -0.2) is 4.79 Å². The number of amides is 4. The van der Waals surface area contributed by atoms with Gasteiger partial charge in [-0.15, -0.1) is 0 Å². The zero-order chi connectivity index (χ0) is 17.0. The molecule has 0 spiro atoms. The van der Waals surface area contributed by atoms with Gasteiger partial charge < -0.3 is 9.80 Å². The summed E-state index contributed by atoms with van der Waals surface area (Å²) < 4.78 is 0. The van der Waals surface area contributed by atoms with Gasteiger partial charge in [0.2, 0.25) is 5.91 Å². The lowest BCUT2D eigenvalue weighted by molar-refractivity contribution is -0.136. The molecule has 0 saturated carbocycles. The monoisotopic (exact) mass is 318 g/mol. The summed E-state index contributed by atoms with van der Waals surface area (Å²) in [5.41, 5.74) is 0.939. The number of hydrogen-bond acceptors (Lipinski definition) is 4. The van der Waals surface area contributed by atoms with Crippen molar-refractivity contribution < 1.29 is 14.4 Å². The molecule has 2 rings (SSSR count). The molecular weight excluding hydrogens is 296 g/mol. The van der Waals surface area contributed by atoms with Gasteiger partial charge in [0, 0.05) is 39.6 Å². The molecule has 0 aromatic carbocycles. The second-order valence-corrected chi connectivity index (χ2v) is 5.69. The molecule has 1 saturated heterocycles. The third kappa shape index (κ3) is 3.67. The smallest absolute Gasteiger partial charge is 0.326 e. The first-order chi connectivity index (χ1) is 11.0. The van der Waals surface area contributed by atoms with Crippen LogP contribution >= 0.6 is 0 Å². The van der Waals surface area contributed by atoms with Crippen molar-refractivity contribution in [1.29, 1.82) is 0 Å². The Morgan fingerprint density at radius 1 is 1.35 bits per heavy atom. The number of pyridine rings is 1. The molecule has 1 aliphatic rings. The van der Waals surface area contributed by atoms with Gasteiger partial charge in [0.15, 0.2) is 0 Å². The Morgan fingerprint density at radius 2 is 2.09 bits per heavy atom. The molecule has 1 aromatic rings. The van der Waals surface area contributed by atoms with E-state index in [0.29, 0.717) is 13.1 Å². The summed E-state index contributed by atoms with van der Waals surface area (Å²) in [4.78, 5) is 44.6. The summed E-state index contributed by atoms with van der Waals surface area (Å²) in [6, 6.07) is 2.65. The largest absolute Gasteiger partial charge is 0.338 e. The molecule has 124 valence electrons. The third-order valence-electron chi connectivity index (χ3n) is 3.98. The van der Waals surface area contributed by atoms with Crippen molar-refractivity contribution in [2.75, 3.05) is 20.6 Å². The molecular formula is C16H22N4O3. The van der Waals surface area contributed by atoms with Crippen molar-refractivity contribution in [2.24, 2.45) is 0 Å². The number of carbonyl (C=O) groups excluding carboxylic acids is 3. The van der Waals surface area contributed by atoms with Gasteiger partial charge in [0.25, 0.3) is 5.91 Å². The fourth-order valence-corrected chi connectivity index (χ4v) is 2.65. The predicted molar refractivity (Wildman–Crippen MR) is 84.3 cm³/mol. The zero-order valence-electron chi connectivity index (χ0n) is 13.7. The van der Waals surface area contributed by atoms with E-state index in [1.165, 1.54) is 11.9 Å². The van der Waals surface area contributed by atoms with E-state index in [-0.39, 0.29) is 24.3 Å². The van der Waals surface area contributed by atoms with Crippen LogP contribution in [0.4, 0.5) is 4.79 Å². The highest BCUT2D eigenvalue weighted by Crippen LogP contribution is 2.18. The summed E-state index contributed by atoms with van der Waals surface area (Å²) in [7, 11) is 2.98. The second kappa shape index (κ2) is 7.21. The van der Waals surface area contributed by atoms with Crippen LogP contribution in [0.2, 0.25) is 0 Å². The van der Waals surface area contributed by atoms with E-state index in [2.05, 4.69) is 4.98 Å². The van der Waals surface area contributed by atoms with Crippen molar-refractivity contribution in [1.82, 2.24) is 19.7 Å². The van der Waals surface area contributed by atoms with Crippen LogP contribution in [0.15, 0.2) is 24.5 Å². The number of carbonyl (C=O) groups is 3. The minimum atomic E-state index is -0.715. The van der Waals surface area contributed by atoms with E-state index >= 15 is 0 Å². The first kappa shape index (κ1) is 16.9. The molecule has 4 amide bonds. The number of rotatable bonds is 6. The Bertz CT molecular complexity index is 590. The van der Waals surface area contributed by atoms with E-state index in [1.54, 1.807) is 24.3 Å². The van der Waals surface area contributed by atoms with Crippen LogP contribution in [0.1, 0.15) is 25.3 Å². The molecule has 2 heterocycles. The van der Waals surface area contributed by atoms with Gasteiger partial charge in [-0.1, -0.05) is 13.0 Å². The summed E-state index contributed by atoms with van der Waals surface area (Å²) in [5, 5.41) is 0. The Balaban J connectivity index is 2.06. The fraction of sp³-hybridized carbons (Fsp3) is 0.500. The molecule has 23 heavy (non-hydrogen) atoms. The van der Waals surface area contributed by atoms with Crippen molar-refractivity contribution in [3.8, 4) is 0 Å². The molecule has 1 fully saturated rings. The molecule has 1 atom stereocenters. The van der Waals surface area contributed by atoms with Crippen LogP contribution in [0, 0.1) is 0 Å². The molecule has 1 unspecified atom stereocenters. The number of aromatic nitrogens is 1. The maximum atomic E-state index is 12.6. The minimum Gasteiger partial charge on any atom is -0.338 e. The topological polar surface area (TPSA) is 73.8 Å². The van der Waals surface area contributed by atoms with E-state index in [1.807, 2.05) is 19.1 Å². The summed E-state index contributed by atoms with van der Waals surface area (Å²) in [6.45, 7) is 3.05. The highest BCUT2D eigenvalue weighted by Gasteiger charge is 2.42. The normalized spacial score (nSPS) is 17.8. The fourth-order valence-electron chi connectivity index (χ4n) is 2.65.